The van der Waals surface area contributed by atoms with Crippen LogP contribution in [0.2, 0.25) is 0 Å². The molecule has 2 aliphatic heterocycles. The van der Waals surface area contributed by atoms with E-state index in [1.54, 1.807) is 0 Å². The summed E-state index contributed by atoms with van der Waals surface area (Å²) in [5, 5.41) is 9.46. The number of benzene rings is 2. The molecule has 0 aromatic heterocycles. The van der Waals surface area contributed by atoms with Gasteiger partial charge in [-0.15, -0.1) is 0 Å². The van der Waals surface area contributed by atoms with Crippen molar-refractivity contribution < 1.29 is 14.6 Å². The molecule has 1 atom stereocenters. The quantitative estimate of drug-likeness (QED) is 0.923. The normalized spacial score (nSPS) is 20.0. The van der Waals surface area contributed by atoms with Gasteiger partial charge in [0.1, 0.15) is 11.5 Å². The van der Waals surface area contributed by atoms with E-state index in [0.717, 1.165) is 42.0 Å². The Balaban J connectivity index is 1.73. The Morgan fingerprint density at radius 2 is 1.71 bits per heavy atom. The molecule has 0 radical (unpaired) electrons. The number of ether oxygens (including phenoxy) is 1. The van der Waals surface area contributed by atoms with Crippen LogP contribution in [0, 0.1) is 5.92 Å². The van der Waals surface area contributed by atoms with Crippen LogP contribution >= 0.6 is 0 Å². The number of carbonyl (C=O) groups excluding carboxylic acids is 1. The zero-order valence-electron chi connectivity index (χ0n) is 13.5. The summed E-state index contributed by atoms with van der Waals surface area (Å²) in [6.07, 6.45) is 1.94. The molecule has 0 spiro atoms. The average molecular weight is 323 g/mol. The Morgan fingerprint density at radius 1 is 1.08 bits per heavy atom. The van der Waals surface area contributed by atoms with Gasteiger partial charge in [-0.1, -0.05) is 36.4 Å². The van der Waals surface area contributed by atoms with Crippen molar-refractivity contribution in [2.75, 3.05) is 19.7 Å². The Labute approximate surface area is 141 Å². The summed E-state index contributed by atoms with van der Waals surface area (Å²) in [6.45, 7) is 1.54. The summed E-state index contributed by atoms with van der Waals surface area (Å²) in [7, 11) is 0. The molecule has 1 fully saturated rings. The largest absolute Gasteiger partial charge is 0.457 e. The van der Waals surface area contributed by atoms with E-state index in [2.05, 4.69) is 0 Å². The van der Waals surface area contributed by atoms with Crippen molar-refractivity contribution >= 4 is 5.91 Å². The maximum Gasteiger partial charge on any atom is 0.234 e. The number of rotatable bonds is 2. The van der Waals surface area contributed by atoms with Crippen molar-refractivity contribution in [2.24, 2.45) is 5.92 Å². The van der Waals surface area contributed by atoms with E-state index in [9.17, 15) is 9.90 Å². The van der Waals surface area contributed by atoms with Gasteiger partial charge >= 0.3 is 0 Å². The predicted molar refractivity (Wildman–Crippen MR) is 91.2 cm³/mol. The van der Waals surface area contributed by atoms with Gasteiger partial charge in [0, 0.05) is 30.8 Å². The molecule has 1 N–H and O–H groups in total. The maximum absolute atomic E-state index is 13.3. The minimum atomic E-state index is -0.330. The Bertz CT molecular complexity index is 713. The second-order valence-electron chi connectivity index (χ2n) is 6.59. The number of carbonyl (C=O) groups is 1. The molecule has 4 heteroatoms. The lowest BCUT2D eigenvalue weighted by atomic mass is 9.86. The second kappa shape index (κ2) is 6.29. The van der Waals surface area contributed by atoms with Gasteiger partial charge in [-0.25, -0.2) is 0 Å². The fraction of sp³-hybridized carbons (Fsp3) is 0.350. The van der Waals surface area contributed by atoms with E-state index < -0.39 is 0 Å². The summed E-state index contributed by atoms with van der Waals surface area (Å²) < 4.78 is 5.98. The number of hydrogen-bond donors (Lipinski definition) is 1. The van der Waals surface area contributed by atoms with E-state index in [4.69, 9.17) is 4.74 Å². The number of fused-ring (bicyclic) bond motifs is 2. The number of hydrogen-bond acceptors (Lipinski definition) is 3. The molecule has 1 saturated heterocycles. The van der Waals surface area contributed by atoms with E-state index in [1.165, 1.54) is 0 Å². The van der Waals surface area contributed by atoms with Crippen LogP contribution in [-0.2, 0) is 4.79 Å². The maximum atomic E-state index is 13.3. The van der Waals surface area contributed by atoms with E-state index in [-0.39, 0.29) is 24.3 Å². The third kappa shape index (κ3) is 2.57. The van der Waals surface area contributed by atoms with E-state index >= 15 is 0 Å². The van der Waals surface area contributed by atoms with Crippen molar-refractivity contribution in [3.63, 3.8) is 0 Å². The van der Waals surface area contributed by atoms with Gasteiger partial charge in [0.05, 0.1) is 5.92 Å². The highest BCUT2D eigenvalue weighted by molar-refractivity contribution is 5.89. The van der Waals surface area contributed by atoms with Crippen molar-refractivity contribution in [3.8, 4) is 11.5 Å². The number of aliphatic hydroxyl groups excluding tert-OH is 1. The first-order chi connectivity index (χ1) is 11.8. The van der Waals surface area contributed by atoms with E-state index in [1.807, 2.05) is 53.4 Å². The first-order valence-corrected chi connectivity index (χ1v) is 8.53. The van der Waals surface area contributed by atoms with Crippen LogP contribution < -0.4 is 4.74 Å². The number of aliphatic hydroxyl groups is 1. The smallest absolute Gasteiger partial charge is 0.234 e. The molecule has 0 aliphatic carbocycles. The molecule has 124 valence electrons. The van der Waals surface area contributed by atoms with Gasteiger partial charge in [0.15, 0.2) is 0 Å². The SMILES string of the molecule is O=C(C1c2ccccc2Oc2ccccc21)N1CCCC(CO)C1. The van der Waals surface area contributed by atoms with Gasteiger partial charge in [-0.2, -0.15) is 0 Å². The van der Waals surface area contributed by atoms with Crippen LogP contribution in [-0.4, -0.2) is 35.6 Å². The molecule has 2 aliphatic rings. The van der Waals surface area contributed by atoms with Gasteiger partial charge in [0.25, 0.3) is 0 Å². The van der Waals surface area contributed by atoms with Crippen molar-refractivity contribution in [1.29, 1.82) is 0 Å². The standard InChI is InChI=1S/C20H21NO3/c22-13-14-6-5-11-21(12-14)20(23)19-15-7-1-3-9-17(15)24-18-10-4-2-8-16(18)19/h1-4,7-10,14,19,22H,5-6,11-13H2. The predicted octanol–water partition coefficient (Wildman–Crippen LogP) is 3.16. The molecule has 2 aromatic carbocycles. The van der Waals surface area contributed by atoms with Crippen LogP contribution in [0.15, 0.2) is 48.5 Å². The summed E-state index contributed by atoms with van der Waals surface area (Å²) in [6, 6.07) is 15.5. The molecule has 2 aromatic rings. The summed E-state index contributed by atoms with van der Waals surface area (Å²) >= 11 is 0. The van der Waals surface area contributed by atoms with Gasteiger partial charge in [-0.05, 0) is 30.9 Å². The molecule has 1 unspecified atom stereocenters. The molecule has 24 heavy (non-hydrogen) atoms. The molecule has 4 rings (SSSR count). The Morgan fingerprint density at radius 3 is 2.33 bits per heavy atom. The molecule has 2 heterocycles. The first-order valence-electron chi connectivity index (χ1n) is 8.53. The topological polar surface area (TPSA) is 49.8 Å². The lowest BCUT2D eigenvalue weighted by Gasteiger charge is -2.36. The van der Waals surface area contributed by atoms with Crippen LogP contribution in [0.3, 0.4) is 0 Å². The Hall–Kier alpha value is -2.33. The number of likely N-dealkylation sites (tertiary alicyclic amines) is 1. The lowest BCUT2D eigenvalue weighted by Crippen LogP contribution is -2.43. The monoisotopic (exact) mass is 323 g/mol. The van der Waals surface area contributed by atoms with Gasteiger partial charge < -0.3 is 14.7 Å². The summed E-state index contributed by atoms with van der Waals surface area (Å²) in [5.41, 5.74) is 1.85. The fourth-order valence-electron chi connectivity index (χ4n) is 3.77. The van der Waals surface area contributed by atoms with Crippen LogP contribution in [0.4, 0.5) is 0 Å². The molecule has 0 bridgehead atoms. The number of amides is 1. The third-order valence-electron chi connectivity index (χ3n) is 5.02. The van der Waals surface area contributed by atoms with Crippen LogP contribution in [0.1, 0.15) is 29.9 Å². The molecule has 0 saturated carbocycles. The molecular formula is C20H21NO3. The highest BCUT2D eigenvalue weighted by Crippen LogP contribution is 2.44. The fourth-order valence-corrected chi connectivity index (χ4v) is 3.77. The molecular weight excluding hydrogens is 302 g/mol. The summed E-state index contributed by atoms with van der Waals surface area (Å²) in [5.74, 6) is 1.48. The van der Waals surface area contributed by atoms with Gasteiger partial charge in [-0.3, -0.25) is 4.79 Å². The zero-order chi connectivity index (χ0) is 16.5. The molecule has 1 amide bonds. The summed E-state index contributed by atoms with van der Waals surface area (Å²) in [4.78, 5) is 15.2. The minimum Gasteiger partial charge on any atom is -0.457 e. The van der Waals surface area contributed by atoms with E-state index in [0.29, 0.717) is 6.54 Å². The average Bonchev–Trinajstić information content (AvgIpc) is 2.65. The van der Waals surface area contributed by atoms with Crippen molar-refractivity contribution in [1.82, 2.24) is 4.90 Å². The highest BCUT2D eigenvalue weighted by Gasteiger charge is 2.36. The van der Waals surface area contributed by atoms with Crippen molar-refractivity contribution in [2.45, 2.75) is 18.8 Å². The van der Waals surface area contributed by atoms with Gasteiger partial charge in [0.2, 0.25) is 5.91 Å². The number of para-hydroxylation sites is 2. The van der Waals surface area contributed by atoms with Crippen molar-refractivity contribution in [3.05, 3.63) is 59.7 Å². The number of piperidine rings is 1. The first kappa shape index (κ1) is 15.2. The Kier molecular flexibility index (Phi) is 3.98. The highest BCUT2D eigenvalue weighted by atomic mass is 16.5. The van der Waals surface area contributed by atoms with Crippen LogP contribution in [0.5, 0.6) is 11.5 Å². The molecule has 4 nitrogen and oxygen atoms in total. The minimum absolute atomic E-state index is 0.108. The lowest BCUT2D eigenvalue weighted by molar-refractivity contribution is -0.134. The number of nitrogens with zero attached hydrogens (tertiary/aromatic N) is 1. The third-order valence-corrected chi connectivity index (χ3v) is 5.02. The van der Waals surface area contributed by atoms with Crippen LogP contribution in [0.25, 0.3) is 0 Å². The zero-order valence-corrected chi connectivity index (χ0v) is 13.5. The second-order valence-corrected chi connectivity index (χ2v) is 6.59.